The fraction of sp³-hybridized carbons (Fsp3) is 0.300. The molecule has 0 N–H and O–H groups in total. The van der Waals surface area contributed by atoms with Crippen LogP contribution in [0.15, 0.2) is 36.8 Å². The first kappa shape index (κ1) is 19.0. The zero-order valence-electron chi connectivity index (χ0n) is 16.0. The van der Waals surface area contributed by atoms with E-state index in [1.54, 1.807) is 34.0 Å². The molecule has 7 nitrogen and oxygen atoms in total. The number of hydrogen-bond acceptors (Lipinski definition) is 5. The molecule has 1 aliphatic rings. The summed E-state index contributed by atoms with van der Waals surface area (Å²) in [5.41, 5.74) is 3.23. The van der Waals surface area contributed by atoms with Crippen molar-refractivity contribution in [1.29, 1.82) is 0 Å². The zero-order chi connectivity index (χ0) is 20.5. The number of halogens is 2. The largest absolute Gasteiger partial charge is 0.486 e. The van der Waals surface area contributed by atoms with Gasteiger partial charge in [0.25, 0.3) is 12.3 Å². The van der Waals surface area contributed by atoms with Crippen molar-refractivity contribution < 1.29 is 18.3 Å². The Labute approximate surface area is 166 Å². The maximum atomic E-state index is 12.9. The third-order valence-electron chi connectivity index (χ3n) is 4.67. The highest BCUT2D eigenvalue weighted by molar-refractivity contribution is 6.10. The van der Waals surface area contributed by atoms with Crippen LogP contribution in [-0.2, 0) is 13.1 Å². The van der Waals surface area contributed by atoms with Gasteiger partial charge in [-0.05, 0) is 31.5 Å². The number of amides is 1. The molecule has 4 rings (SSSR count). The van der Waals surface area contributed by atoms with Gasteiger partial charge in [0, 0.05) is 30.6 Å². The van der Waals surface area contributed by atoms with E-state index in [9.17, 15) is 13.6 Å². The normalized spacial score (nSPS) is 13.3. The number of anilines is 1. The number of carbonyl (C=O) groups is 1. The number of carbonyl (C=O) groups excluding carboxylic acids is 1. The molecule has 3 aromatic heterocycles. The lowest BCUT2D eigenvalue weighted by molar-refractivity contribution is 0.0817. The number of ether oxygens (including phenoxy) is 1. The molecule has 0 saturated carbocycles. The van der Waals surface area contributed by atoms with E-state index in [0.717, 1.165) is 5.56 Å². The van der Waals surface area contributed by atoms with E-state index >= 15 is 0 Å². The third-order valence-corrected chi connectivity index (χ3v) is 4.67. The van der Waals surface area contributed by atoms with Crippen molar-refractivity contribution in [2.24, 2.45) is 0 Å². The van der Waals surface area contributed by atoms with Crippen molar-refractivity contribution in [1.82, 2.24) is 19.7 Å². The Morgan fingerprint density at radius 1 is 1.28 bits per heavy atom. The molecule has 1 aliphatic heterocycles. The van der Waals surface area contributed by atoms with Crippen molar-refractivity contribution in [2.75, 3.05) is 11.5 Å². The quantitative estimate of drug-likeness (QED) is 0.635. The standard InChI is InChI=1S/C20H19F2N5O2/c1-3-26-5-4-18(25-26)27-10-16-19(20(27)28)12(2)6-15(24-16)13-7-14(9-23-8-13)29-11-17(21)22/h4-9,17H,3,10-11H2,1-2H3. The van der Waals surface area contributed by atoms with Gasteiger partial charge < -0.3 is 4.74 Å². The third kappa shape index (κ3) is 3.67. The highest BCUT2D eigenvalue weighted by Gasteiger charge is 2.33. The molecule has 0 aromatic carbocycles. The van der Waals surface area contributed by atoms with Gasteiger partial charge in [0.05, 0.1) is 29.7 Å². The second-order valence-electron chi connectivity index (χ2n) is 6.68. The van der Waals surface area contributed by atoms with Crippen molar-refractivity contribution in [2.45, 2.75) is 33.4 Å². The van der Waals surface area contributed by atoms with Crippen molar-refractivity contribution >= 4 is 11.7 Å². The molecule has 0 atom stereocenters. The van der Waals surface area contributed by atoms with Gasteiger partial charge in [0.2, 0.25) is 0 Å². The number of pyridine rings is 2. The summed E-state index contributed by atoms with van der Waals surface area (Å²) < 4.78 is 31.6. The summed E-state index contributed by atoms with van der Waals surface area (Å²) in [4.78, 5) is 23.2. The lowest BCUT2D eigenvalue weighted by atomic mass is 10.1. The molecular weight excluding hydrogens is 380 g/mol. The Hall–Kier alpha value is -3.36. The second kappa shape index (κ2) is 7.57. The summed E-state index contributed by atoms with van der Waals surface area (Å²) >= 11 is 0. The first-order valence-corrected chi connectivity index (χ1v) is 9.18. The van der Waals surface area contributed by atoms with Crippen LogP contribution < -0.4 is 9.64 Å². The van der Waals surface area contributed by atoms with Gasteiger partial charge in [-0.2, -0.15) is 5.10 Å². The predicted molar refractivity (Wildman–Crippen MR) is 102 cm³/mol. The highest BCUT2D eigenvalue weighted by Crippen LogP contribution is 2.31. The lowest BCUT2D eigenvalue weighted by Gasteiger charge is -2.11. The van der Waals surface area contributed by atoms with Crippen LogP contribution in [0.1, 0.15) is 28.5 Å². The highest BCUT2D eigenvalue weighted by atomic mass is 19.3. The zero-order valence-corrected chi connectivity index (χ0v) is 16.0. The Morgan fingerprint density at radius 2 is 2.10 bits per heavy atom. The van der Waals surface area contributed by atoms with Gasteiger partial charge in [-0.1, -0.05) is 0 Å². The summed E-state index contributed by atoms with van der Waals surface area (Å²) in [6.45, 7) is 4.16. The minimum Gasteiger partial charge on any atom is -0.486 e. The first-order valence-electron chi connectivity index (χ1n) is 9.18. The molecular formula is C20H19F2N5O2. The fourth-order valence-corrected chi connectivity index (χ4v) is 3.30. The molecule has 0 spiro atoms. The number of alkyl halides is 2. The van der Waals surface area contributed by atoms with Crippen molar-refractivity contribution in [3.63, 3.8) is 0 Å². The van der Waals surface area contributed by atoms with E-state index in [0.29, 0.717) is 41.4 Å². The minimum absolute atomic E-state index is 0.134. The van der Waals surface area contributed by atoms with Crippen LogP contribution in [-0.4, -0.2) is 38.7 Å². The molecule has 4 heterocycles. The van der Waals surface area contributed by atoms with Gasteiger partial charge in [-0.3, -0.25) is 24.3 Å². The van der Waals surface area contributed by atoms with Crippen LogP contribution in [0.3, 0.4) is 0 Å². The van der Waals surface area contributed by atoms with Crippen LogP contribution in [0.5, 0.6) is 5.75 Å². The SMILES string of the molecule is CCn1ccc(N2Cc3nc(-c4cncc(OCC(F)F)c4)cc(C)c3C2=O)n1. The number of rotatable bonds is 6. The molecule has 29 heavy (non-hydrogen) atoms. The lowest BCUT2D eigenvalue weighted by Crippen LogP contribution is -2.24. The van der Waals surface area contributed by atoms with Crippen LogP contribution in [0.25, 0.3) is 11.3 Å². The van der Waals surface area contributed by atoms with Gasteiger partial charge in [-0.15, -0.1) is 0 Å². The molecule has 3 aromatic rings. The maximum absolute atomic E-state index is 12.9. The average Bonchev–Trinajstić information content (AvgIpc) is 3.31. The Morgan fingerprint density at radius 3 is 2.83 bits per heavy atom. The van der Waals surface area contributed by atoms with Crippen LogP contribution in [0, 0.1) is 6.92 Å². The van der Waals surface area contributed by atoms with Gasteiger partial charge in [-0.25, -0.2) is 8.78 Å². The molecule has 0 aliphatic carbocycles. The summed E-state index contributed by atoms with van der Waals surface area (Å²) in [5, 5.41) is 4.41. The summed E-state index contributed by atoms with van der Waals surface area (Å²) in [6.07, 6.45) is 2.23. The molecule has 0 fully saturated rings. The minimum atomic E-state index is -2.56. The average molecular weight is 399 g/mol. The fourth-order valence-electron chi connectivity index (χ4n) is 3.30. The monoisotopic (exact) mass is 399 g/mol. The first-order chi connectivity index (χ1) is 14.0. The van der Waals surface area contributed by atoms with Crippen molar-refractivity contribution in [3.05, 3.63) is 53.6 Å². The van der Waals surface area contributed by atoms with E-state index < -0.39 is 13.0 Å². The van der Waals surface area contributed by atoms with E-state index in [1.165, 1.54) is 6.20 Å². The number of aryl methyl sites for hydroxylation is 2. The van der Waals surface area contributed by atoms with E-state index in [1.807, 2.05) is 20.0 Å². The smallest absolute Gasteiger partial charge is 0.272 e. The molecule has 0 unspecified atom stereocenters. The second-order valence-corrected chi connectivity index (χ2v) is 6.68. The van der Waals surface area contributed by atoms with Crippen LogP contribution in [0.2, 0.25) is 0 Å². The molecule has 9 heteroatoms. The summed E-state index contributed by atoms with van der Waals surface area (Å²) in [6, 6.07) is 5.21. The maximum Gasteiger partial charge on any atom is 0.272 e. The van der Waals surface area contributed by atoms with Crippen LogP contribution in [0.4, 0.5) is 14.6 Å². The molecule has 0 radical (unpaired) electrons. The van der Waals surface area contributed by atoms with Crippen molar-refractivity contribution in [3.8, 4) is 17.0 Å². The van der Waals surface area contributed by atoms with Gasteiger partial charge in [0.15, 0.2) is 5.82 Å². The van der Waals surface area contributed by atoms with E-state index in [2.05, 4.69) is 15.1 Å². The molecule has 1 amide bonds. The summed E-state index contributed by atoms with van der Waals surface area (Å²) in [7, 11) is 0. The predicted octanol–water partition coefficient (Wildman–Crippen LogP) is 3.47. The molecule has 0 saturated heterocycles. The van der Waals surface area contributed by atoms with E-state index in [4.69, 9.17) is 4.74 Å². The molecule has 0 bridgehead atoms. The Kier molecular flexibility index (Phi) is 4.96. The van der Waals surface area contributed by atoms with E-state index in [-0.39, 0.29) is 11.7 Å². The van der Waals surface area contributed by atoms with Gasteiger partial charge >= 0.3 is 0 Å². The number of hydrogen-bond donors (Lipinski definition) is 0. The summed E-state index contributed by atoms with van der Waals surface area (Å²) in [5.74, 6) is 0.690. The topological polar surface area (TPSA) is 73.1 Å². The molecule has 150 valence electrons. The number of nitrogens with zero attached hydrogens (tertiary/aromatic N) is 5. The Bertz CT molecular complexity index is 1070. The number of aromatic nitrogens is 4. The van der Waals surface area contributed by atoms with Crippen LogP contribution >= 0.6 is 0 Å². The number of fused-ring (bicyclic) bond motifs is 1. The Balaban J connectivity index is 1.64. The van der Waals surface area contributed by atoms with Gasteiger partial charge in [0.1, 0.15) is 12.4 Å².